The number of benzene rings is 1. The fourth-order valence-corrected chi connectivity index (χ4v) is 6.06. The van der Waals surface area contributed by atoms with Crippen LogP contribution in [0, 0.1) is 5.92 Å². The van der Waals surface area contributed by atoms with Gasteiger partial charge in [0.05, 0.1) is 27.4 Å². The lowest BCUT2D eigenvalue weighted by atomic mass is 9.91. The predicted molar refractivity (Wildman–Crippen MR) is 142 cm³/mol. The summed E-state index contributed by atoms with van der Waals surface area (Å²) in [6.07, 6.45) is 2.08. The highest BCUT2D eigenvalue weighted by molar-refractivity contribution is 8.04. The Hall–Kier alpha value is -3.31. The molecule has 2 aliphatic rings. The Morgan fingerprint density at radius 3 is 2.56 bits per heavy atom. The summed E-state index contributed by atoms with van der Waals surface area (Å²) in [5, 5.41) is 14.4. The molecular formula is C28H29F3N4O3S. The predicted octanol–water partition coefficient (Wildman–Crippen LogP) is 5.06. The molecule has 1 aromatic carbocycles. The molecule has 7 nitrogen and oxygen atoms in total. The van der Waals surface area contributed by atoms with E-state index < -0.39 is 23.8 Å². The zero-order valence-corrected chi connectivity index (χ0v) is 22.0. The fraction of sp³-hybridized carbons (Fsp3) is 0.393. The maximum Gasteiger partial charge on any atom is 0.416 e. The van der Waals surface area contributed by atoms with E-state index in [1.54, 1.807) is 11.1 Å². The van der Waals surface area contributed by atoms with Gasteiger partial charge in [-0.25, -0.2) is 4.98 Å². The highest BCUT2D eigenvalue weighted by atomic mass is 32.2. The van der Waals surface area contributed by atoms with Crippen LogP contribution in [0.3, 0.4) is 0 Å². The first-order valence-corrected chi connectivity index (χ1v) is 13.8. The van der Waals surface area contributed by atoms with Crippen LogP contribution < -0.4 is 5.32 Å². The number of amides is 2. The van der Waals surface area contributed by atoms with Gasteiger partial charge in [0.15, 0.2) is 6.10 Å². The zero-order chi connectivity index (χ0) is 27.6. The van der Waals surface area contributed by atoms with Crippen molar-refractivity contribution < 1.29 is 27.9 Å². The maximum atomic E-state index is 12.8. The first-order chi connectivity index (χ1) is 18.7. The Morgan fingerprint density at radius 1 is 1.10 bits per heavy atom. The number of aliphatic hydroxyl groups excluding tert-OH is 1. The van der Waals surface area contributed by atoms with Crippen molar-refractivity contribution in [1.82, 2.24) is 19.6 Å². The van der Waals surface area contributed by atoms with Crippen molar-refractivity contribution in [3.63, 3.8) is 0 Å². The van der Waals surface area contributed by atoms with Crippen LogP contribution in [0.4, 0.5) is 13.2 Å². The molecule has 1 atom stereocenters. The van der Waals surface area contributed by atoms with Crippen molar-refractivity contribution in [2.45, 2.75) is 49.4 Å². The highest BCUT2D eigenvalue weighted by Gasteiger charge is 2.32. The number of alkyl halides is 3. The molecule has 3 aromatic rings. The van der Waals surface area contributed by atoms with Gasteiger partial charge in [-0.2, -0.15) is 13.2 Å². The van der Waals surface area contributed by atoms with Crippen LogP contribution >= 0.6 is 11.8 Å². The fourth-order valence-electron chi connectivity index (χ4n) is 5.06. The number of hydrogen-bond donors (Lipinski definition) is 2. The average molecular weight is 559 g/mol. The van der Waals surface area contributed by atoms with E-state index in [2.05, 4.69) is 10.3 Å². The van der Waals surface area contributed by atoms with E-state index in [9.17, 15) is 27.9 Å². The normalized spacial score (nSPS) is 16.7. The molecule has 1 saturated heterocycles. The Morgan fingerprint density at radius 2 is 1.85 bits per heavy atom. The number of nitrogens with zero attached hydrogens (tertiary/aromatic N) is 3. The summed E-state index contributed by atoms with van der Waals surface area (Å²) in [5.74, 6) is -0.127. The molecule has 0 bridgehead atoms. The first-order valence-electron chi connectivity index (χ1n) is 13.0. The number of hydrogen-bond acceptors (Lipinski definition) is 5. The molecule has 5 rings (SSSR count). The molecule has 0 radical (unpaired) electrons. The zero-order valence-electron chi connectivity index (χ0n) is 21.2. The maximum absolute atomic E-state index is 12.8. The first kappa shape index (κ1) is 27.3. The van der Waals surface area contributed by atoms with Crippen LogP contribution in [0.5, 0.6) is 0 Å². The van der Waals surface area contributed by atoms with Crippen molar-refractivity contribution in [2.75, 3.05) is 19.6 Å². The third-order valence-electron chi connectivity index (χ3n) is 7.28. The van der Waals surface area contributed by atoms with Crippen LogP contribution in [0.25, 0.3) is 11.7 Å². The summed E-state index contributed by atoms with van der Waals surface area (Å²) >= 11 is 1.43. The number of aliphatic hydroxyl groups is 1. The molecule has 2 aromatic heterocycles. The van der Waals surface area contributed by atoms with Gasteiger partial charge in [0.25, 0.3) is 11.8 Å². The van der Waals surface area contributed by atoms with Crippen molar-refractivity contribution in [3.8, 4) is 0 Å². The van der Waals surface area contributed by atoms with Crippen LogP contribution in [0.1, 0.15) is 55.0 Å². The Labute approximate surface area is 228 Å². The third kappa shape index (κ3) is 6.14. The molecule has 2 N–H and O–H groups in total. The number of imidazole rings is 1. The summed E-state index contributed by atoms with van der Waals surface area (Å²) in [7, 11) is 0. The van der Waals surface area contributed by atoms with E-state index in [0.717, 1.165) is 72.7 Å². The van der Waals surface area contributed by atoms with Crippen LogP contribution in [0.15, 0.2) is 58.6 Å². The monoisotopic (exact) mass is 558 g/mol. The van der Waals surface area contributed by atoms with Crippen molar-refractivity contribution in [1.29, 1.82) is 0 Å². The molecule has 0 aliphatic carbocycles. The minimum atomic E-state index is -4.46. The Bertz CT molecular complexity index is 1380. The van der Waals surface area contributed by atoms with Gasteiger partial charge in [-0.05, 0) is 61.1 Å². The minimum Gasteiger partial charge on any atom is -0.378 e. The van der Waals surface area contributed by atoms with Gasteiger partial charge in [0, 0.05) is 19.6 Å². The number of carbonyl (C=O) groups is 2. The van der Waals surface area contributed by atoms with Crippen molar-refractivity contribution in [3.05, 3.63) is 70.4 Å². The average Bonchev–Trinajstić information content (AvgIpc) is 3.36. The third-order valence-corrected chi connectivity index (χ3v) is 8.33. The second kappa shape index (κ2) is 11.4. The number of thioether (sulfide) groups is 1. The number of rotatable bonds is 8. The van der Waals surface area contributed by atoms with Gasteiger partial charge in [-0.3, -0.25) is 14.0 Å². The number of carbonyl (C=O) groups excluding carboxylic acids is 2. The molecule has 0 saturated carbocycles. The van der Waals surface area contributed by atoms with Gasteiger partial charge in [-0.1, -0.05) is 42.8 Å². The highest BCUT2D eigenvalue weighted by Crippen LogP contribution is 2.34. The molecule has 206 valence electrons. The summed E-state index contributed by atoms with van der Waals surface area (Å²) in [5.41, 5.74) is 1.09. The summed E-state index contributed by atoms with van der Waals surface area (Å²) in [4.78, 5) is 32.0. The summed E-state index contributed by atoms with van der Waals surface area (Å²) in [6.45, 7) is 1.59. The SMILES string of the molecule is O=C(NCCCCC1CCN(C(=O)C(O)c2ccc(C(F)(F)F)cc2)CC1)C1=Cc2cnc3cccc(n23)S1. The summed E-state index contributed by atoms with van der Waals surface area (Å²) in [6, 6.07) is 9.88. The van der Waals surface area contributed by atoms with E-state index >= 15 is 0 Å². The number of pyridine rings is 1. The van der Waals surface area contributed by atoms with Crippen molar-refractivity contribution >= 4 is 35.3 Å². The minimum absolute atomic E-state index is 0.0946. The molecular weight excluding hydrogens is 529 g/mol. The lowest BCUT2D eigenvalue weighted by molar-refractivity contribution is -0.142. The number of piperidine rings is 1. The molecule has 1 fully saturated rings. The standard InChI is InChI=1S/C28H29F3N4O3S/c29-28(30,31)20-9-7-19(8-10-20)25(36)27(38)34-14-11-18(12-15-34)4-1-2-13-32-26(37)22-16-21-17-33-23-5-3-6-24(39-22)35(21)23/h3,5-10,16-18,25,36H,1-2,4,11-15H2,(H,32,37). The molecule has 11 heteroatoms. The molecule has 39 heavy (non-hydrogen) atoms. The second-order valence-electron chi connectivity index (χ2n) is 9.89. The van der Waals surface area contributed by atoms with Crippen LogP contribution in [-0.4, -0.2) is 50.8 Å². The van der Waals surface area contributed by atoms with Crippen LogP contribution in [0.2, 0.25) is 0 Å². The largest absolute Gasteiger partial charge is 0.416 e. The van der Waals surface area contributed by atoms with E-state index in [4.69, 9.17) is 0 Å². The summed E-state index contributed by atoms with van der Waals surface area (Å²) < 4.78 is 40.3. The van der Waals surface area contributed by atoms with Crippen LogP contribution in [-0.2, 0) is 15.8 Å². The Balaban J connectivity index is 1.01. The van der Waals surface area contributed by atoms with Gasteiger partial charge in [0.2, 0.25) is 0 Å². The molecule has 2 amide bonds. The number of nitrogens with one attached hydrogen (secondary N) is 1. The van der Waals surface area contributed by atoms with Gasteiger partial charge < -0.3 is 15.3 Å². The lowest BCUT2D eigenvalue weighted by Crippen LogP contribution is -2.41. The second-order valence-corrected chi connectivity index (χ2v) is 11.0. The molecule has 1 unspecified atom stereocenters. The molecule has 2 aliphatic heterocycles. The van der Waals surface area contributed by atoms with Gasteiger partial charge in [-0.15, -0.1) is 0 Å². The number of halogens is 3. The number of likely N-dealkylation sites (tertiary alicyclic amines) is 1. The van der Waals surface area contributed by atoms with E-state index in [1.165, 1.54) is 11.8 Å². The number of unbranched alkanes of at least 4 members (excludes halogenated alkanes) is 1. The molecule has 0 spiro atoms. The number of aromatic nitrogens is 2. The quantitative estimate of drug-likeness (QED) is 0.378. The Kier molecular flexibility index (Phi) is 7.99. The van der Waals surface area contributed by atoms with Gasteiger partial charge in [0.1, 0.15) is 5.65 Å². The smallest absolute Gasteiger partial charge is 0.378 e. The van der Waals surface area contributed by atoms with E-state index in [1.807, 2.05) is 28.7 Å². The lowest BCUT2D eigenvalue weighted by Gasteiger charge is -2.33. The van der Waals surface area contributed by atoms with E-state index in [-0.39, 0.29) is 11.5 Å². The van der Waals surface area contributed by atoms with Crippen molar-refractivity contribution in [2.24, 2.45) is 5.92 Å². The van der Waals surface area contributed by atoms with E-state index in [0.29, 0.717) is 30.5 Å². The topological polar surface area (TPSA) is 86.9 Å². The van der Waals surface area contributed by atoms with Gasteiger partial charge >= 0.3 is 6.18 Å². The molecule has 4 heterocycles.